The summed E-state index contributed by atoms with van der Waals surface area (Å²) >= 11 is 15.9. The topological polar surface area (TPSA) is 46.2 Å². The van der Waals surface area contributed by atoms with Crippen molar-refractivity contribution in [2.24, 2.45) is 0 Å². The summed E-state index contributed by atoms with van der Waals surface area (Å²) in [5.74, 6) is 0. The number of rotatable bonds is 3. The monoisotopic (exact) mass is 515 g/mol. The van der Waals surface area contributed by atoms with Crippen LogP contribution in [0.1, 0.15) is 5.56 Å². The Morgan fingerprint density at radius 3 is 2.33 bits per heavy atom. The quantitative estimate of drug-likeness (QED) is 0.564. The normalized spacial score (nSPS) is 11.5. The molecule has 3 nitrogen and oxygen atoms in total. The number of benzene rings is 2. The minimum atomic E-state index is -3.75. The molecule has 0 aromatic heterocycles. The van der Waals surface area contributed by atoms with E-state index < -0.39 is 10.0 Å². The number of aryl methyl sites for hydroxylation is 1. The minimum absolute atomic E-state index is 0.138. The van der Waals surface area contributed by atoms with Crippen LogP contribution in [0.2, 0.25) is 5.02 Å². The lowest BCUT2D eigenvalue weighted by Gasteiger charge is -2.12. The van der Waals surface area contributed by atoms with Crippen molar-refractivity contribution in [3.05, 3.63) is 54.3 Å². The van der Waals surface area contributed by atoms with E-state index in [-0.39, 0.29) is 4.90 Å². The highest BCUT2D eigenvalue weighted by Crippen LogP contribution is 2.32. The van der Waals surface area contributed by atoms with Crippen molar-refractivity contribution in [1.82, 2.24) is 0 Å². The van der Waals surface area contributed by atoms with Crippen LogP contribution in [-0.4, -0.2) is 8.42 Å². The van der Waals surface area contributed by atoms with Crippen molar-refractivity contribution in [1.29, 1.82) is 0 Å². The van der Waals surface area contributed by atoms with Gasteiger partial charge < -0.3 is 0 Å². The zero-order valence-electron chi connectivity index (χ0n) is 10.6. The van der Waals surface area contributed by atoms with Crippen molar-refractivity contribution in [3.63, 3.8) is 0 Å². The van der Waals surface area contributed by atoms with Crippen molar-refractivity contribution in [2.45, 2.75) is 11.8 Å². The molecular formula is C13H9Br3ClNO2S. The molecule has 0 spiro atoms. The van der Waals surface area contributed by atoms with Crippen molar-refractivity contribution < 1.29 is 8.42 Å². The van der Waals surface area contributed by atoms with Gasteiger partial charge in [-0.3, -0.25) is 4.72 Å². The Morgan fingerprint density at radius 2 is 1.71 bits per heavy atom. The molecule has 0 heterocycles. The summed E-state index contributed by atoms with van der Waals surface area (Å²) in [6, 6.07) is 8.22. The molecule has 0 atom stereocenters. The summed E-state index contributed by atoms with van der Waals surface area (Å²) in [7, 11) is -3.75. The number of halogens is 4. The Hall–Kier alpha value is -0.0800. The van der Waals surface area contributed by atoms with Crippen LogP contribution in [0.3, 0.4) is 0 Å². The molecule has 2 aromatic carbocycles. The third-order valence-corrected chi connectivity index (χ3v) is 6.66. The molecule has 8 heteroatoms. The van der Waals surface area contributed by atoms with Crippen LogP contribution in [0.15, 0.2) is 48.6 Å². The highest BCUT2D eigenvalue weighted by Gasteiger charge is 2.20. The first-order chi connectivity index (χ1) is 9.70. The van der Waals surface area contributed by atoms with Gasteiger partial charge in [-0.1, -0.05) is 43.5 Å². The van der Waals surface area contributed by atoms with Gasteiger partial charge in [-0.05, 0) is 58.7 Å². The van der Waals surface area contributed by atoms with Gasteiger partial charge in [0.15, 0.2) is 0 Å². The zero-order chi connectivity index (χ0) is 15.8. The third kappa shape index (κ3) is 4.01. The van der Waals surface area contributed by atoms with Crippen LogP contribution in [0.25, 0.3) is 0 Å². The van der Waals surface area contributed by atoms with Crippen molar-refractivity contribution in [2.75, 3.05) is 4.72 Å². The fourth-order valence-corrected chi connectivity index (χ4v) is 5.14. The van der Waals surface area contributed by atoms with Gasteiger partial charge in [0, 0.05) is 13.4 Å². The third-order valence-electron chi connectivity index (χ3n) is 2.68. The van der Waals surface area contributed by atoms with Crippen LogP contribution < -0.4 is 4.72 Å². The van der Waals surface area contributed by atoms with E-state index in [1.54, 1.807) is 30.3 Å². The largest absolute Gasteiger partial charge is 0.278 e. The molecule has 0 amide bonds. The second-order valence-corrected chi connectivity index (χ2v) is 8.94. The van der Waals surface area contributed by atoms with E-state index in [2.05, 4.69) is 52.5 Å². The van der Waals surface area contributed by atoms with Crippen LogP contribution in [0.4, 0.5) is 5.69 Å². The summed E-state index contributed by atoms with van der Waals surface area (Å²) in [5.41, 5.74) is 1.26. The summed E-state index contributed by atoms with van der Waals surface area (Å²) < 4.78 is 29.4. The summed E-state index contributed by atoms with van der Waals surface area (Å²) in [6.45, 7) is 1.88. The van der Waals surface area contributed by atoms with Gasteiger partial charge in [0.2, 0.25) is 0 Å². The maximum atomic E-state index is 12.5. The Kier molecular flexibility index (Phi) is 5.41. The highest BCUT2D eigenvalue weighted by atomic mass is 79.9. The molecule has 0 saturated carbocycles. The molecule has 0 bridgehead atoms. The average molecular weight is 518 g/mol. The van der Waals surface area contributed by atoms with Gasteiger partial charge in [0.05, 0.1) is 10.7 Å². The lowest BCUT2D eigenvalue weighted by atomic mass is 10.2. The summed E-state index contributed by atoms with van der Waals surface area (Å²) in [5, 5.41) is 0.315. The number of sulfonamides is 1. The second-order valence-electron chi connectivity index (χ2n) is 4.26. The lowest BCUT2D eigenvalue weighted by molar-refractivity contribution is 0.600. The second kappa shape index (κ2) is 6.58. The first-order valence-corrected chi connectivity index (χ1v) is 9.88. The fraction of sp³-hybridized carbons (Fsp3) is 0.0769. The number of nitrogens with one attached hydrogen (secondary N) is 1. The maximum Gasteiger partial charge on any atom is 0.263 e. The molecule has 112 valence electrons. The molecule has 2 rings (SSSR count). The highest BCUT2D eigenvalue weighted by molar-refractivity contribution is 9.11. The Labute approximate surface area is 153 Å². The smallest absolute Gasteiger partial charge is 0.263 e. The minimum Gasteiger partial charge on any atom is -0.278 e. The number of anilines is 1. The van der Waals surface area contributed by atoms with E-state index in [1.165, 1.54) is 0 Å². The zero-order valence-corrected chi connectivity index (χ0v) is 17.0. The van der Waals surface area contributed by atoms with Gasteiger partial charge in [-0.15, -0.1) is 0 Å². The van der Waals surface area contributed by atoms with E-state index >= 15 is 0 Å². The molecule has 1 N–H and O–H groups in total. The molecule has 0 aliphatic rings. The Balaban J connectivity index is 2.46. The Bertz CT molecular complexity index is 809. The summed E-state index contributed by atoms with van der Waals surface area (Å²) in [4.78, 5) is 0.138. The van der Waals surface area contributed by atoms with Crippen molar-refractivity contribution >= 4 is 75.1 Å². The van der Waals surface area contributed by atoms with E-state index in [4.69, 9.17) is 11.6 Å². The van der Waals surface area contributed by atoms with Crippen LogP contribution in [0.5, 0.6) is 0 Å². The molecule has 0 saturated heterocycles. The van der Waals surface area contributed by atoms with E-state index in [1.807, 2.05) is 6.92 Å². The van der Waals surface area contributed by atoms with Gasteiger partial charge in [0.25, 0.3) is 10.0 Å². The van der Waals surface area contributed by atoms with Crippen LogP contribution in [0, 0.1) is 6.92 Å². The standard InChI is InChI=1S/C13H9Br3ClNO2S/c1-7-4-10(16)13(6-9(7)15)21(19,20)18-12-3-2-8(14)5-11(12)17/h2-6,18H,1H3. The first kappa shape index (κ1) is 17.3. The molecule has 2 aromatic rings. The predicted octanol–water partition coefficient (Wildman–Crippen LogP) is 5.74. The van der Waals surface area contributed by atoms with Crippen LogP contribution >= 0.6 is 59.4 Å². The molecule has 0 unspecified atom stereocenters. The predicted molar refractivity (Wildman–Crippen MR) is 96.5 cm³/mol. The van der Waals surface area contributed by atoms with Gasteiger partial charge in [-0.2, -0.15) is 0 Å². The molecule has 0 radical (unpaired) electrons. The summed E-state index contributed by atoms with van der Waals surface area (Å²) in [6.07, 6.45) is 0. The lowest BCUT2D eigenvalue weighted by Crippen LogP contribution is -2.14. The number of hydrogen-bond donors (Lipinski definition) is 1. The Morgan fingerprint density at radius 1 is 1.05 bits per heavy atom. The molecule has 0 aliphatic carbocycles. The van der Waals surface area contributed by atoms with Gasteiger partial charge >= 0.3 is 0 Å². The van der Waals surface area contributed by atoms with Gasteiger partial charge in [-0.25, -0.2) is 8.42 Å². The number of hydrogen-bond acceptors (Lipinski definition) is 2. The first-order valence-electron chi connectivity index (χ1n) is 5.64. The van der Waals surface area contributed by atoms with Gasteiger partial charge in [0.1, 0.15) is 4.90 Å². The molecular weight excluding hydrogens is 509 g/mol. The van der Waals surface area contributed by atoms with Crippen molar-refractivity contribution in [3.8, 4) is 0 Å². The average Bonchev–Trinajstić information content (AvgIpc) is 2.37. The SMILES string of the molecule is Cc1cc(Br)c(S(=O)(=O)Nc2ccc(Br)cc2Cl)cc1Br. The van der Waals surface area contributed by atoms with Crippen LogP contribution in [-0.2, 0) is 10.0 Å². The molecule has 21 heavy (non-hydrogen) atoms. The fourth-order valence-electron chi connectivity index (χ4n) is 1.61. The van der Waals surface area contributed by atoms with E-state index in [0.717, 1.165) is 10.0 Å². The molecule has 0 fully saturated rings. The maximum absolute atomic E-state index is 12.5. The van der Waals surface area contributed by atoms with E-state index in [9.17, 15) is 8.42 Å². The molecule has 0 aliphatic heterocycles. The van der Waals surface area contributed by atoms with E-state index in [0.29, 0.717) is 19.7 Å².